The highest BCUT2D eigenvalue weighted by Gasteiger charge is 2.28. The molecule has 0 saturated heterocycles. The minimum Gasteiger partial charge on any atom is -0.547 e. The second kappa shape index (κ2) is 14.7. The van der Waals surface area contributed by atoms with Gasteiger partial charge in [0, 0.05) is 12.6 Å². The molecule has 13 heteroatoms. The first-order valence-electron chi connectivity index (χ1n) is 12.1. The third kappa shape index (κ3) is 11.1. The third-order valence-electron chi connectivity index (χ3n) is 5.45. The van der Waals surface area contributed by atoms with E-state index in [0.29, 0.717) is 22.0 Å². The molecular weight excluding hydrogens is 545 g/mol. The first-order valence-corrected chi connectivity index (χ1v) is 12.5. The van der Waals surface area contributed by atoms with Crippen LogP contribution < -0.4 is 20.3 Å². The maximum absolute atomic E-state index is 12.6. The Morgan fingerprint density at radius 1 is 1.13 bits per heavy atom. The van der Waals surface area contributed by atoms with E-state index in [4.69, 9.17) is 31.0 Å². The molecule has 0 aliphatic heterocycles. The molecule has 1 atom stereocenters. The maximum Gasteiger partial charge on any atom is 0.430 e. The highest BCUT2D eigenvalue weighted by atomic mass is 35.5. The third-order valence-corrected chi connectivity index (χ3v) is 5.77. The standard InChI is InChI=1S/C24H29ClN2O5.C2HF3O2/c1-15(2)31-22(24(29)30)12-16-9-10-26-17(11-16)14-27-23(28)20-8-7-19(13-21(20)25)32-18-5-3-4-6-18;3-2(4,5)1(6)7/h7-11,13,15,18,22H,3-6,12,14H2,1-2H3,(H,27,28)(H,29,30);(H,6,7)/p-2. The van der Waals surface area contributed by atoms with Gasteiger partial charge in [0.2, 0.25) is 0 Å². The number of nitrogens with one attached hydrogen (secondary N) is 1. The van der Waals surface area contributed by atoms with Crippen molar-refractivity contribution in [2.24, 2.45) is 0 Å². The SMILES string of the molecule is CC(C)OC(Cc1ccnc(CNC(=O)c2ccc(OC3CCCC3)cc2Cl)c1)C(=O)[O-].O=C([O-])C(F)(F)F. The van der Waals surface area contributed by atoms with Crippen molar-refractivity contribution in [3.05, 3.63) is 58.4 Å². The Morgan fingerprint density at radius 3 is 2.31 bits per heavy atom. The summed E-state index contributed by atoms with van der Waals surface area (Å²) in [6.07, 6.45) is -0.120. The van der Waals surface area contributed by atoms with E-state index in [1.165, 1.54) is 12.8 Å². The zero-order valence-corrected chi connectivity index (χ0v) is 22.0. The number of alkyl halides is 3. The molecule has 1 aliphatic carbocycles. The van der Waals surface area contributed by atoms with E-state index in [0.717, 1.165) is 18.4 Å². The van der Waals surface area contributed by atoms with E-state index >= 15 is 0 Å². The molecule has 1 aromatic carbocycles. The van der Waals surface area contributed by atoms with E-state index < -0.39 is 24.2 Å². The molecule has 1 N–H and O–H groups in total. The van der Waals surface area contributed by atoms with E-state index in [2.05, 4.69) is 10.3 Å². The van der Waals surface area contributed by atoms with Crippen LogP contribution in [0.2, 0.25) is 5.02 Å². The van der Waals surface area contributed by atoms with Gasteiger partial charge in [0.1, 0.15) is 17.8 Å². The molecule has 1 fully saturated rings. The topological polar surface area (TPSA) is 141 Å². The number of aliphatic carboxylic acids is 2. The molecule has 0 bridgehead atoms. The second-order valence-corrected chi connectivity index (χ2v) is 9.39. The molecule has 214 valence electrons. The van der Waals surface area contributed by atoms with Gasteiger partial charge in [-0.2, -0.15) is 13.2 Å². The molecule has 2 aromatic rings. The van der Waals surface area contributed by atoms with Crippen molar-refractivity contribution in [1.82, 2.24) is 10.3 Å². The molecule has 9 nitrogen and oxygen atoms in total. The summed E-state index contributed by atoms with van der Waals surface area (Å²) in [7, 11) is 0. The summed E-state index contributed by atoms with van der Waals surface area (Å²) in [4.78, 5) is 36.9. The van der Waals surface area contributed by atoms with Gasteiger partial charge in [-0.3, -0.25) is 9.78 Å². The van der Waals surface area contributed by atoms with Crippen molar-refractivity contribution < 1.29 is 47.2 Å². The molecule has 39 heavy (non-hydrogen) atoms. The fourth-order valence-corrected chi connectivity index (χ4v) is 3.96. The van der Waals surface area contributed by atoms with E-state index in [-0.39, 0.29) is 31.1 Å². The number of carboxylic acid groups (broad SMARTS) is 2. The zero-order valence-electron chi connectivity index (χ0n) is 21.3. The lowest BCUT2D eigenvalue weighted by Crippen LogP contribution is -2.40. The summed E-state index contributed by atoms with van der Waals surface area (Å²) < 4.78 is 42.9. The Kier molecular flexibility index (Phi) is 12.0. The number of carbonyl (C=O) groups is 3. The summed E-state index contributed by atoms with van der Waals surface area (Å²) in [6, 6.07) is 8.53. The van der Waals surface area contributed by atoms with Crippen molar-refractivity contribution >= 4 is 29.4 Å². The molecule has 0 spiro atoms. The number of pyridine rings is 1. The number of carbonyl (C=O) groups excluding carboxylic acids is 3. The largest absolute Gasteiger partial charge is 0.547 e. The van der Waals surface area contributed by atoms with Gasteiger partial charge in [0.15, 0.2) is 0 Å². The number of benzene rings is 1. The number of carboxylic acids is 2. The quantitative estimate of drug-likeness (QED) is 0.457. The Hall–Kier alpha value is -3.38. The summed E-state index contributed by atoms with van der Waals surface area (Å²) in [6.45, 7) is 3.70. The molecule has 1 heterocycles. The van der Waals surface area contributed by atoms with E-state index in [1.54, 1.807) is 50.4 Å². The van der Waals surface area contributed by atoms with Gasteiger partial charge >= 0.3 is 6.18 Å². The zero-order chi connectivity index (χ0) is 29.2. The molecule has 1 unspecified atom stereocenters. The first-order chi connectivity index (χ1) is 18.3. The highest BCUT2D eigenvalue weighted by molar-refractivity contribution is 6.34. The van der Waals surface area contributed by atoms with Gasteiger partial charge in [0.05, 0.1) is 41.0 Å². The summed E-state index contributed by atoms with van der Waals surface area (Å²) >= 11 is 6.31. The number of rotatable bonds is 10. The lowest BCUT2D eigenvalue weighted by atomic mass is 10.1. The second-order valence-electron chi connectivity index (χ2n) is 8.99. The molecule has 3 rings (SSSR count). The van der Waals surface area contributed by atoms with Gasteiger partial charge in [-0.15, -0.1) is 0 Å². The molecular formula is C26H28ClF3N2O7-2. The van der Waals surface area contributed by atoms with Crippen LogP contribution in [0.25, 0.3) is 0 Å². The van der Waals surface area contributed by atoms with Gasteiger partial charge in [-0.1, -0.05) is 11.6 Å². The monoisotopic (exact) mass is 572 g/mol. The maximum atomic E-state index is 12.6. The molecule has 1 amide bonds. The molecule has 1 saturated carbocycles. The van der Waals surface area contributed by atoms with Crippen molar-refractivity contribution in [3.8, 4) is 5.75 Å². The Labute approximate surface area is 228 Å². The van der Waals surface area contributed by atoms with Crippen LogP contribution >= 0.6 is 11.6 Å². The van der Waals surface area contributed by atoms with Gasteiger partial charge in [0.25, 0.3) is 5.91 Å². The van der Waals surface area contributed by atoms with E-state index in [9.17, 15) is 27.9 Å². The smallest absolute Gasteiger partial charge is 0.430 e. The predicted octanol–water partition coefficient (Wildman–Crippen LogP) is 2.37. The lowest BCUT2D eigenvalue weighted by Gasteiger charge is -2.21. The minimum atomic E-state index is -5.19. The summed E-state index contributed by atoms with van der Waals surface area (Å²) in [5.74, 6) is -3.93. The van der Waals surface area contributed by atoms with Crippen LogP contribution in [0.3, 0.4) is 0 Å². The van der Waals surface area contributed by atoms with Crippen LogP contribution in [0.1, 0.15) is 61.1 Å². The fraction of sp³-hybridized carbons (Fsp3) is 0.462. The summed E-state index contributed by atoms with van der Waals surface area (Å²) in [5.41, 5.74) is 1.67. The highest BCUT2D eigenvalue weighted by Crippen LogP contribution is 2.27. The van der Waals surface area contributed by atoms with Crippen LogP contribution in [0.4, 0.5) is 13.2 Å². The van der Waals surface area contributed by atoms with Crippen molar-refractivity contribution in [3.63, 3.8) is 0 Å². The fourth-order valence-electron chi connectivity index (χ4n) is 3.70. The number of hydrogen-bond donors (Lipinski definition) is 1. The number of halogens is 4. The van der Waals surface area contributed by atoms with Gasteiger partial charge < -0.3 is 34.6 Å². The molecule has 1 aromatic heterocycles. The van der Waals surface area contributed by atoms with Gasteiger partial charge in [-0.05, 0) is 75.4 Å². The lowest BCUT2D eigenvalue weighted by molar-refractivity contribution is -0.344. The van der Waals surface area contributed by atoms with Crippen LogP contribution in [0, 0.1) is 0 Å². The van der Waals surface area contributed by atoms with Crippen molar-refractivity contribution in [2.45, 2.75) is 77.0 Å². The Bertz CT molecular complexity index is 1140. The van der Waals surface area contributed by atoms with Crippen molar-refractivity contribution in [2.75, 3.05) is 0 Å². The first kappa shape index (κ1) is 31.8. The average molecular weight is 573 g/mol. The van der Waals surface area contributed by atoms with Crippen LogP contribution in [-0.4, -0.2) is 47.3 Å². The van der Waals surface area contributed by atoms with Crippen molar-refractivity contribution in [1.29, 1.82) is 0 Å². The number of hydrogen-bond acceptors (Lipinski definition) is 8. The van der Waals surface area contributed by atoms with Crippen LogP contribution in [-0.2, 0) is 27.3 Å². The van der Waals surface area contributed by atoms with Gasteiger partial charge in [-0.25, -0.2) is 0 Å². The average Bonchev–Trinajstić information content (AvgIpc) is 3.35. The number of amides is 1. The Balaban J connectivity index is 0.000000673. The van der Waals surface area contributed by atoms with E-state index in [1.807, 2.05) is 0 Å². The number of aromatic nitrogens is 1. The van der Waals surface area contributed by atoms with Crippen LogP contribution in [0.5, 0.6) is 5.75 Å². The number of ether oxygens (including phenoxy) is 2. The number of nitrogens with zero attached hydrogens (tertiary/aromatic N) is 1. The minimum absolute atomic E-state index is 0.151. The van der Waals surface area contributed by atoms with Crippen LogP contribution in [0.15, 0.2) is 36.5 Å². The molecule has 1 aliphatic rings. The summed E-state index contributed by atoms with van der Waals surface area (Å²) in [5, 5.41) is 23.2. The predicted molar refractivity (Wildman–Crippen MR) is 130 cm³/mol. The Morgan fingerprint density at radius 2 is 1.77 bits per heavy atom. The normalized spacial score (nSPS) is 14.3. The molecule has 0 radical (unpaired) electrons.